The molecule has 1 unspecified atom stereocenters. The SMILES string of the molecule is CC1C(=O)CC[C@]2(C)CCCC[C@@]12O. The summed E-state index contributed by atoms with van der Waals surface area (Å²) < 4.78 is 0. The molecule has 2 nitrogen and oxygen atoms in total. The summed E-state index contributed by atoms with van der Waals surface area (Å²) in [7, 11) is 0. The van der Waals surface area contributed by atoms with Crippen LogP contribution in [-0.4, -0.2) is 16.5 Å². The molecule has 2 aliphatic carbocycles. The molecule has 2 heteroatoms. The minimum absolute atomic E-state index is 0.00141. The molecular weight excluding hydrogens is 176 g/mol. The van der Waals surface area contributed by atoms with Gasteiger partial charge < -0.3 is 5.11 Å². The Labute approximate surface area is 85.7 Å². The molecule has 1 N–H and O–H groups in total. The van der Waals surface area contributed by atoms with Gasteiger partial charge in [-0.2, -0.15) is 0 Å². The van der Waals surface area contributed by atoms with E-state index in [1.165, 1.54) is 6.42 Å². The number of carbonyl (C=O) groups is 1. The molecule has 0 radical (unpaired) electrons. The molecule has 80 valence electrons. The minimum atomic E-state index is -0.708. The van der Waals surface area contributed by atoms with E-state index in [0.717, 1.165) is 25.7 Å². The molecular formula is C12H20O2. The van der Waals surface area contributed by atoms with E-state index in [1.807, 2.05) is 6.92 Å². The molecule has 0 aromatic rings. The molecule has 2 saturated carbocycles. The second kappa shape index (κ2) is 3.06. The molecule has 0 saturated heterocycles. The van der Waals surface area contributed by atoms with Gasteiger partial charge in [0.1, 0.15) is 5.78 Å². The van der Waals surface area contributed by atoms with Crippen LogP contribution in [-0.2, 0) is 4.79 Å². The van der Waals surface area contributed by atoms with Crippen molar-refractivity contribution >= 4 is 5.78 Å². The van der Waals surface area contributed by atoms with Gasteiger partial charge in [0.2, 0.25) is 0 Å². The highest BCUT2D eigenvalue weighted by Crippen LogP contribution is 2.54. The van der Waals surface area contributed by atoms with E-state index in [1.54, 1.807) is 0 Å². The van der Waals surface area contributed by atoms with Crippen molar-refractivity contribution in [3.63, 3.8) is 0 Å². The summed E-state index contributed by atoms with van der Waals surface area (Å²) in [5.41, 5.74) is -0.709. The summed E-state index contributed by atoms with van der Waals surface area (Å²) in [6.45, 7) is 4.07. The Morgan fingerprint density at radius 3 is 2.64 bits per heavy atom. The molecule has 0 spiro atoms. The van der Waals surface area contributed by atoms with E-state index < -0.39 is 5.60 Å². The number of aliphatic hydroxyl groups is 1. The molecule has 0 bridgehead atoms. The fourth-order valence-electron chi connectivity index (χ4n) is 3.39. The molecule has 0 aromatic carbocycles. The number of hydrogen-bond acceptors (Lipinski definition) is 2. The van der Waals surface area contributed by atoms with Crippen molar-refractivity contribution < 1.29 is 9.90 Å². The maximum atomic E-state index is 11.6. The van der Waals surface area contributed by atoms with E-state index in [-0.39, 0.29) is 17.1 Å². The Morgan fingerprint density at radius 1 is 1.29 bits per heavy atom. The lowest BCUT2D eigenvalue weighted by Gasteiger charge is -2.54. The largest absolute Gasteiger partial charge is 0.389 e. The van der Waals surface area contributed by atoms with Crippen molar-refractivity contribution in [3.05, 3.63) is 0 Å². The van der Waals surface area contributed by atoms with Gasteiger partial charge in [0.25, 0.3) is 0 Å². The zero-order valence-electron chi connectivity index (χ0n) is 9.18. The van der Waals surface area contributed by atoms with E-state index >= 15 is 0 Å². The van der Waals surface area contributed by atoms with Crippen molar-refractivity contribution in [2.45, 2.75) is 58.0 Å². The van der Waals surface area contributed by atoms with Gasteiger partial charge in [-0.1, -0.05) is 26.7 Å². The maximum absolute atomic E-state index is 11.6. The lowest BCUT2D eigenvalue weighted by atomic mass is 9.53. The molecule has 0 aliphatic heterocycles. The second-order valence-electron chi connectivity index (χ2n) is 5.38. The topological polar surface area (TPSA) is 37.3 Å². The van der Waals surface area contributed by atoms with E-state index in [4.69, 9.17) is 0 Å². The first-order valence-corrected chi connectivity index (χ1v) is 5.75. The predicted molar refractivity (Wildman–Crippen MR) is 54.9 cm³/mol. The van der Waals surface area contributed by atoms with Crippen LogP contribution in [0.15, 0.2) is 0 Å². The molecule has 2 aliphatic rings. The Morgan fingerprint density at radius 2 is 1.93 bits per heavy atom. The molecule has 0 heterocycles. The third kappa shape index (κ3) is 1.16. The number of fused-ring (bicyclic) bond motifs is 1. The fraction of sp³-hybridized carbons (Fsp3) is 0.917. The van der Waals surface area contributed by atoms with Crippen LogP contribution < -0.4 is 0 Å². The first-order valence-electron chi connectivity index (χ1n) is 5.75. The second-order valence-corrected chi connectivity index (χ2v) is 5.38. The Balaban J connectivity index is 2.34. The highest BCUT2D eigenvalue weighted by molar-refractivity contribution is 5.83. The number of carbonyl (C=O) groups excluding carboxylic acids is 1. The van der Waals surface area contributed by atoms with Gasteiger partial charge >= 0.3 is 0 Å². The fourth-order valence-corrected chi connectivity index (χ4v) is 3.39. The summed E-state index contributed by atoms with van der Waals surface area (Å²) >= 11 is 0. The lowest BCUT2D eigenvalue weighted by Crippen LogP contribution is -2.58. The van der Waals surface area contributed by atoms with Crippen LogP contribution in [0.5, 0.6) is 0 Å². The van der Waals surface area contributed by atoms with E-state index in [2.05, 4.69) is 6.92 Å². The standard InChI is InChI=1S/C12H20O2/c1-9-10(13)5-8-11(2)6-3-4-7-12(9,11)14/h9,14H,3-8H2,1-2H3/t9?,11-,12+/m0/s1. The highest BCUT2D eigenvalue weighted by Gasteiger charge is 2.55. The summed E-state index contributed by atoms with van der Waals surface area (Å²) in [6.07, 6.45) is 5.73. The van der Waals surface area contributed by atoms with Crippen molar-refractivity contribution in [3.8, 4) is 0 Å². The van der Waals surface area contributed by atoms with Crippen LogP contribution in [0.4, 0.5) is 0 Å². The van der Waals surface area contributed by atoms with Crippen molar-refractivity contribution in [1.82, 2.24) is 0 Å². The van der Waals surface area contributed by atoms with Crippen LogP contribution >= 0.6 is 0 Å². The monoisotopic (exact) mass is 196 g/mol. The molecule has 3 atom stereocenters. The number of rotatable bonds is 0. The average Bonchev–Trinajstić information content (AvgIpc) is 2.16. The van der Waals surface area contributed by atoms with E-state index in [9.17, 15) is 9.90 Å². The van der Waals surface area contributed by atoms with Crippen LogP contribution in [0, 0.1) is 11.3 Å². The summed E-state index contributed by atoms with van der Waals surface area (Å²) in [5, 5.41) is 10.7. The number of hydrogen-bond donors (Lipinski definition) is 1. The summed E-state index contributed by atoms with van der Waals surface area (Å²) in [6, 6.07) is 0. The molecule has 2 fully saturated rings. The quantitative estimate of drug-likeness (QED) is 0.645. The summed E-state index contributed by atoms with van der Waals surface area (Å²) in [4.78, 5) is 11.6. The van der Waals surface area contributed by atoms with Crippen LogP contribution in [0.1, 0.15) is 52.4 Å². The van der Waals surface area contributed by atoms with Crippen molar-refractivity contribution in [1.29, 1.82) is 0 Å². The Kier molecular flexibility index (Phi) is 2.22. The van der Waals surface area contributed by atoms with E-state index in [0.29, 0.717) is 6.42 Å². The maximum Gasteiger partial charge on any atom is 0.138 e. The van der Waals surface area contributed by atoms with Crippen LogP contribution in [0.2, 0.25) is 0 Å². The zero-order valence-corrected chi connectivity index (χ0v) is 9.18. The molecule has 14 heavy (non-hydrogen) atoms. The minimum Gasteiger partial charge on any atom is -0.389 e. The van der Waals surface area contributed by atoms with Crippen molar-refractivity contribution in [2.24, 2.45) is 11.3 Å². The normalized spacial score (nSPS) is 48.8. The Hall–Kier alpha value is -0.370. The third-order valence-electron chi connectivity index (χ3n) is 4.70. The van der Waals surface area contributed by atoms with Gasteiger partial charge in [0.05, 0.1) is 5.60 Å². The molecule has 2 rings (SSSR count). The number of Topliss-reactive ketones (excluding diaryl/α,β-unsaturated/α-hetero) is 1. The average molecular weight is 196 g/mol. The summed E-state index contributed by atoms with van der Waals surface area (Å²) in [5.74, 6) is 0.105. The molecule has 0 aromatic heterocycles. The van der Waals surface area contributed by atoms with Crippen molar-refractivity contribution in [2.75, 3.05) is 0 Å². The highest BCUT2D eigenvalue weighted by atomic mass is 16.3. The third-order valence-corrected chi connectivity index (χ3v) is 4.70. The first kappa shape index (κ1) is 10.2. The zero-order chi connectivity index (χ0) is 10.4. The lowest BCUT2D eigenvalue weighted by molar-refractivity contribution is -0.175. The van der Waals surface area contributed by atoms with Gasteiger partial charge in [-0.15, -0.1) is 0 Å². The predicted octanol–water partition coefficient (Wildman–Crippen LogP) is 2.30. The molecule has 0 amide bonds. The number of ketones is 1. The van der Waals surface area contributed by atoms with Crippen LogP contribution in [0.3, 0.4) is 0 Å². The van der Waals surface area contributed by atoms with Gasteiger partial charge in [-0.05, 0) is 24.7 Å². The van der Waals surface area contributed by atoms with Gasteiger partial charge in [-0.3, -0.25) is 4.79 Å². The Bertz CT molecular complexity index is 261. The van der Waals surface area contributed by atoms with Crippen LogP contribution in [0.25, 0.3) is 0 Å². The van der Waals surface area contributed by atoms with Gasteiger partial charge in [-0.25, -0.2) is 0 Å². The van der Waals surface area contributed by atoms with Gasteiger partial charge in [0, 0.05) is 12.3 Å². The van der Waals surface area contributed by atoms with Gasteiger partial charge in [0.15, 0.2) is 0 Å². The first-order chi connectivity index (χ1) is 6.50. The smallest absolute Gasteiger partial charge is 0.138 e.